The Morgan fingerprint density at radius 2 is 2.10 bits per heavy atom. The first-order valence-electron chi connectivity index (χ1n) is 8.98. The molecule has 2 aromatic heterocycles. The first-order valence-corrected chi connectivity index (χ1v) is 11.8. The lowest BCUT2D eigenvalue weighted by Crippen LogP contribution is -2.20. The summed E-state index contributed by atoms with van der Waals surface area (Å²) in [5.41, 5.74) is 0.806. The number of carbonyl (C=O) groups is 2. The number of aliphatic imine (C=N–C) groups is 1. The van der Waals surface area contributed by atoms with Crippen LogP contribution in [0.5, 0.6) is 0 Å². The number of carbonyl (C=O) groups excluding carboxylic acids is 2. The van der Waals surface area contributed by atoms with Gasteiger partial charge in [-0.25, -0.2) is 14.1 Å². The molecule has 2 N–H and O–H groups in total. The van der Waals surface area contributed by atoms with Crippen LogP contribution >= 0.6 is 34.9 Å². The van der Waals surface area contributed by atoms with Gasteiger partial charge in [-0.1, -0.05) is 41.8 Å². The zero-order valence-corrected chi connectivity index (χ0v) is 19.0. The maximum Gasteiger partial charge on any atom is 0.236 e. The predicted molar refractivity (Wildman–Crippen MR) is 122 cm³/mol. The van der Waals surface area contributed by atoms with E-state index in [1.165, 1.54) is 46.5 Å². The van der Waals surface area contributed by atoms with Gasteiger partial charge in [0.15, 0.2) is 21.6 Å². The number of nitrogens with one attached hydrogen (secondary N) is 2. The van der Waals surface area contributed by atoms with Crippen molar-refractivity contribution in [2.24, 2.45) is 4.99 Å². The summed E-state index contributed by atoms with van der Waals surface area (Å²) in [6.07, 6.45) is 2.01. The van der Waals surface area contributed by atoms with E-state index in [0.717, 1.165) is 21.9 Å². The van der Waals surface area contributed by atoms with Crippen molar-refractivity contribution in [3.8, 4) is 5.69 Å². The first-order chi connectivity index (χ1) is 15.0. The summed E-state index contributed by atoms with van der Waals surface area (Å²) in [6, 6.07) is 5.65. The van der Waals surface area contributed by atoms with Gasteiger partial charge < -0.3 is 5.32 Å². The molecule has 0 aliphatic rings. The third kappa shape index (κ3) is 6.12. The number of aromatic nitrogens is 4. The summed E-state index contributed by atoms with van der Waals surface area (Å²) in [6.45, 7) is 2.01. The minimum absolute atomic E-state index is 0.0661. The highest BCUT2D eigenvalue weighted by Crippen LogP contribution is 2.26. The van der Waals surface area contributed by atoms with Crippen LogP contribution in [0.15, 0.2) is 39.8 Å². The standard InChI is InChI=1S/C18H18FN7O2S3/c1-3-29-18-25-24-17(31-18)22-14(28)10-30-16(20-2)23-15-11(9-27)8-21-26(15)13-6-4-12(19)5-7-13/h4-9H,3,10H2,1-2H3,(H,20,23)(H,22,24,28). The molecule has 0 radical (unpaired) electrons. The van der Waals surface area contributed by atoms with Gasteiger partial charge in [-0.2, -0.15) is 5.10 Å². The fourth-order valence-electron chi connectivity index (χ4n) is 2.31. The van der Waals surface area contributed by atoms with E-state index in [-0.39, 0.29) is 28.9 Å². The van der Waals surface area contributed by atoms with Crippen LogP contribution in [-0.4, -0.2) is 55.9 Å². The predicted octanol–water partition coefficient (Wildman–Crippen LogP) is 3.37. The second kappa shape index (κ2) is 11.0. The molecule has 0 unspecified atom stereocenters. The highest BCUT2D eigenvalue weighted by molar-refractivity contribution is 8.14. The van der Waals surface area contributed by atoms with Gasteiger partial charge in [-0.05, 0) is 30.0 Å². The summed E-state index contributed by atoms with van der Waals surface area (Å²) in [7, 11) is 1.65. The van der Waals surface area contributed by atoms with Crippen molar-refractivity contribution in [2.45, 2.75) is 11.3 Å². The maximum atomic E-state index is 13.2. The molecular weight excluding hydrogens is 461 g/mol. The van der Waals surface area contributed by atoms with Gasteiger partial charge in [0.25, 0.3) is 0 Å². The molecule has 31 heavy (non-hydrogen) atoms. The molecule has 0 saturated heterocycles. The molecule has 0 bridgehead atoms. The molecule has 3 aromatic rings. The van der Waals surface area contributed by atoms with Gasteiger partial charge in [-0.15, -0.1) is 10.2 Å². The van der Waals surface area contributed by atoms with Gasteiger partial charge in [0.1, 0.15) is 5.82 Å². The summed E-state index contributed by atoms with van der Waals surface area (Å²) in [5, 5.41) is 18.5. The Kier molecular flexibility index (Phi) is 8.14. The van der Waals surface area contributed by atoms with E-state index in [2.05, 4.69) is 30.9 Å². The van der Waals surface area contributed by atoms with Crippen LogP contribution in [-0.2, 0) is 4.79 Å². The van der Waals surface area contributed by atoms with Crippen LogP contribution in [0.1, 0.15) is 17.3 Å². The molecular formula is C18H18FN7O2S3. The number of benzene rings is 1. The second-order valence-electron chi connectivity index (χ2n) is 5.74. The third-order valence-corrected chi connectivity index (χ3v) is 6.48. The molecule has 0 atom stereocenters. The summed E-state index contributed by atoms with van der Waals surface area (Å²) >= 11 is 4.01. The number of halogens is 1. The van der Waals surface area contributed by atoms with Crippen molar-refractivity contribution in [1.29, 1.82) is 0 Å². The smallest absolute Gasteiger partial charge is 0.236 e. The van der Waals surface area contributed by atoms with E-state index in [0.29, 0.717) is 22.3 Å². The molecule has 2 heterocycles. The lowest BCUT2D eigenvalue weighted by atomic mass is 10.3. The van der Waals surface area contributed by atoms with Crippen molar-refractivity contribution in [2.75, 3.05) is 23.9 Å². The molecule has 0 aliphatic heterocycles. The topological polar surface area (TPSA) is 114 Å². The lowest BCUT2D eigenvalue weighted by molar-refractivity contribution is -0.113. The number of amides is 1. The van der Waals surface area contributed by atoms with E-state index in [1.54, 1.807) is 18.8 Å². The minimum Gasteiger partial charge on any atom is -0.368 e. The number of thioether (sulfide) groups is 2. The molecule has 9 nitrogen and oxygen atoms in total. The number of nitrogens with zero attached hydrogens (tertiary/aromatic N) is 5. The Balaban J connectivity index is 1.72. The summed E-state index contributed by atoms with van der Waals surface area (Å²) in [4.78, 5) is 28.1. The van der Waals surface area contributed by atoms with E-state index in [1.807, 2.05) is 6.92 Å². The highest BCUT2D eigenvalue weighted by Gasteiger charge is 2.14. The molecule has 13 heteroatoms. The van der Waals surface area contributed by atoms with Crippen LogP contribution < -0.4 is 10.6 Å². The van der Waals surface area contributed by atoms with Crippen molar-refractivity contribution in [1.82, 2.24) is 25.3 Å². The maximum absolute atomic E-state index is 13.2. The third-order valence-electron chi connectivity index (χ3n) is 3.65. The van der Waals surface area contributed by atoms with Gasteiger partial charge >= 0.3 is 0 Å². The van der Waals surface area contributed by atoms with E-state index >= 15 is 0 Å². The van der Waals surface area contributed by atoms with Crippen LogP contribution in [0.25, 0.3) is 5.69 Å². The SMILES string of the molecule is CCSc1nnc(NC(=O)CS/C(=N/c2c(C=O)cnn2-c2ccc(F)cc2)NC)s1. The molecule has 162 valence electrons. The van der Waals surface area contributed by atoms with Crippen LogP contribution in [0.4, 0.5) is 15.3 Å². The number of hydrogen-bond donors (Lipinski definition) is 2. The van der Waals surface area contributed by atoms with Crippen LogP contribution in [0.3, 0.4) is 0 Å². The zero-order valence-electron chi connectivity index (χ0n) is 16.5. The Bertz CT molecular complexity index is 1080. The Labute approximate surface area is 189 Å². The molecule has 1 aromatic carbocycles. The number of amidine groups is 1. The number of anilines is 1. The van der Waals surface area contributed by atoms with Crippen LogP contribution in [0.2, 0.25) is 0 Å². The fraction of sp³-hybridized carbons (Fsp3) is 0.222. The van der Waals surface area contributed by atoms with Crippen molar-refractivity contribution >= 4 is 63.2 Å². The van der Waals surface area contributed by atoms with Crippen molar-refractivity contribution < 1.29 is 14.0 Å². The van der Waals surface area contributed by atoms with Gasteiger partial charge in [0, 0.05) is 7.05 Å². The highest BCUT2D eigenvalue weighted by atomic mass is 32.2. The number of rotatable bonds is 8. The zero-order chi connectivity index (χ0) is 22.2. The molecule has 0 fully saturated rings. The van der Waals surface area contributed by atoms with Gasteiger partial charge in [-0.3, -0.25) is 14.9 Å². The molecule has 0 spiro atoms. The van der Waals surface area contributed by atoms with E-state index in [9.17, 15) is 14.0 Å². The molecule has 1 amide bonds. The Morgan fingerprint density at radius 1 is 1.32 bits per heavy atom. The monoisotopic (exact) mass is 479 g/mol. The second-order valence-corrected chi connectivity index (χ2v) is 9.19. The normalized spacial score (nSPS) is 11.4. The van der Waals surface area contributed by atoms with E-state index < -0.39 is 0 Å². The van der Waals surface area contributed by atoms with Gasteiger partial charge in [0.05, 0.1) is 23.2 Å². The first kappa shape index (κ1) is 22.9. The minimum atomic E-state index is -0.384. The Hall–Kier alpha value is -2.77. The van der Waals surface area contributed by atoms with E-state index in [4.69, 9.17) is 0 Å². The number of hydrogen-bond acceptors (Lipinski definition) is 9. The van der Waals surface area contributed by atoms with Gasteiger partial charge in [0.2, 0.25) is 11.0 Å². The summed E-state index contributed by atoms with van der Waals surface area (Å²) < 4.78 is 15.5. The van der Waals surface area contributed by atoms with Crippen molar-refractivity contribution in [3.05, 3.63) is 41.8 Å². The Morgan fingerprint density at radius 3 is 2.77 bits per heavy atom. The van der Waals surface area contributed by atoms with Crippen LogP contribution in [0, 0.1) is 5.82 Å². The quantitative estimate of drug-likeness (QED) is 0.166. The number of aldehydes is 1. The molecule has 0 aliphatic carbocycles. The molecule has 0 saturated carbocycles. The summed E-state index contributed by atoms with van der Waals surface area (Å²) in [5.74, 6) is 0.558. The van der Waals surface area contributed by atoms with Crippen molar-refractivity contribution in [3.63, 3.8) is 0 Å². The fourth-order valence-corrected chi connectivity index (χ4v) is 4.61. The average molecular weight is 480 g/mol. The lowest BCUT2D eigenvalue weighted by Gasteiger charge is -2.08. The average Bonchev–Trinajstić information content (AvgIpc) is 3.38. The largest absolute Gasteiger partial charge is 0.368 e. The molecule has 3 rings (SSSR count).